The molecule has 0 saturated carbocycles. The second kappa shape index (κ2) is 18.6. The van der Waals surface area contributed by atoms with Crippen LogP contribution in [0.5, 0.6) is 11.5 Å². The molecule has 3 atom stereocenters. The number of carboxylic acids is 1. The maximum atomic E-state index is 12.7. The number of likely N-dealkylation sites (tertiary alicyclic amines) is 1. The predicted molar refractivity (Wildman–Crippen MR) is 183 cm³/mol. The molecule has 1 aliphatic rings. The van der Waals surface area contributed by atoms with Crippen molar-refractivity contribution >= 4 is 12.3 Å². The van der Waals surface area contributed by atoms with Crippen LogP contribution in [-0.2, 0) is 19.9 Å². The molecule has 0 amide bonds. The van der Waals surface area contributed by atoms with Gasteiger partial charge in [0, 0.05) is 19.0 Å². The SMILES string of the molecule is COc1ccc(C(OC[C@H]2CC[C@@H](O)CN2C(CCCCCCCCCC=O)C(=O)O)(c2ccccc2)c2ccc(OC)cc2)cc1. The smallest absolute Gasteiger partial charge is 0.320 e. The van der Waals surface area contributed by atoms with Crippen LogP contribution in [0.4, 0.5) is 0 Å². The van der Waals surface area contributed by atoms with Gasteiger partial charge < -0.3 is 29.2 Å². The molecule has 1 unspecified atom stereocenters. The third-order valence-corrected chi connectivity index (χ3v) is 9.37. The van der Waals surface area contributed by atoms with Crippen molar-refractivity contribution in [3.05, 3.63) is 95.6 Å². The Morgan fingerprint density at radius 1 is 0.809 bits per heavy atom. The van der Waals surface area contributed by atoms with E-state index in [9.17, 15) is 19.8 Å². The van der Waals surface area contributed by atoms with Crippen LogP contribution >= 0.6 is 0 Å². The molecule has 0 radical (unpaired) electrons. The van der Waals surface area contributed by atoms with Gasteiger partial charge in [0.1, 0.15) is 29.4 Å². The van der Waals surface area contributed by atoms with Gasteiger partial charge in [0.05, 0.1) is 26.9 Å². The Balaban J connectivity index is 1.59. The molecule has 8 heteroatoms. The summed E-state index contributed by atoms with van der Waals surface area (Å²) in [7, 11) is 3.28. The highest BCUT2D eigenvalue weighted by Crippen LogP contribution is 2.42. The zero-order chi connectivity index (χ0) is 33.5. The molecule has 47 heavy (non-hydrogen) atoms. The van der Waals surface area contributed by atoms with Crippen LogP contribution in [-0.4, -0.2) is 72.9 Å². The van der Waals surface area contributed by atoms with Gasteiger partial charge in [0.25, 0.3) is 0 Å². The molecule has 0 aromatic heterocycles. The van der Waals surface area contributed by atoms with E-state index in [0.29, 0.717) is 32.2 Å². The first-order valence-electron chi connectivity index (χ1n) is 17.0. The van der Waals surface area contributed by atoms with Crippen LogP contribution in [0.2, 0.25) is 0 Å². The summed E-state index contributed by atoms with van der Waals surface area (Å²) in [4.78, 5) is 25.2. The zero-order valence-corrected chi connectivity index (χ0v) is 27.9. The van der Waals surface area contributed by atoms with Crippen molar-refractivity contribution < 1.29 is 34.0 Å². The molecule has 0 spiro atoms. The number of carboxylic acid groups (broad SMARTS) is 1. The number of hydrogen-bond acceptors (Lipinski definition) is 7. The van der Waals surface area contributed by atoms with Crippen molar-refractivity contribution in [2.75, 3.05) is 27.4 Å². The Morgan fingerprint density at radius 3 is 1.87 bits per heavy atom. The molecule has 1 saturated heterocycles. The number of aliphatic hydroxyl groups is 1. The Kier molecular flexibility index (Phi) is 14.3. The minimum absolute atomic E-state index is 0.197. The number of aldehydes is 1. The van der Waals surface area contributed by atoms with Crippen molar-refractivity contribution in [3.63, 3.8) is 0 Å². The molecular weight excluding hydrogens is 594 g/mol. The number of piperidine rings is 1. The summed E-state index contributed by atoms with van der Waals surface area (Å²) in [6.45, 7) is 0.565. The number of hydrogen-bond donors (Lipinski definition) is 2. The largest absolute Gasteiger partial charge is 0.497 e. The molecule has 1 aliphatic heterocycles. The number of carbonyl (C=O) groups is 2. The molecule has 1 heterocycles. The fraction of sp³-hybridized carbons (Fsp3) is 0.487. The zero-order valence-electron chi connectivity index (χ0n) is 27.9. The number of benzene rings is 3. The van der Waals surface area contributed by atoms with E-state index >= 15 is 0 Å². The second-order valence-corrected chi connectivity index (χ2v) is 12.5. The number of unbranched alkanes of at least 4 members (excludes halogenated alkanes) is 7. The summed E-state index contributed by atoms with van der Waals surface area (Å²) in [6, 6.07) is 24.9. The van der Waals surface area contributed by atoms with Crippen LogP contribution in [0.3, 0.4) is 0 Å². The van der Waals surface area contributed by atoms with Crippen molar-refractivity contribution in [3.8, 4) is 11.5 Å². The Morgan fingerprint density at radius 2 is 1.34 bits per heavy atom. The maximum absolute atomic E-state index is 12.7. The highest BCUT2D eigenvalue weighted by molar-refractivity contribution is 5.73. The molecule has 0 aliphatic carbocycles. The lowest BCUT2D eigenvalue weighted by atomic mass is 9.80. The van der Waals surface area contributed by atoms with E-state index < -0.39 is 23.7 Å². The summed E-state index contributed by atoms with van der Waals surface area (Å²) in [5.41, 5.74) is 1.76. The van der Waals surface area contributed by atoms with Crippen LogP contribution in [0.1, 0.15) is 87.3 Å². The summed E-state index contributed by atoms with van der Waals surface area (Å²) < 4.78 is 18.1. The average Bonchev–Trinajstić information content (AvgIpc) is 3.10. The normalized spacial score (nSPS) is 17.6. The van der Waals surface area contributed by atoms with E-state index in [2.05, 4.69) is 12.1 Å². The van der Waals surface area contributed by atoms with Gasteiger partial charge in [-0.2, -0.15) is 0 Å². The molecule has 2 N–H and O–H groups in total. The van der Waals surface area contributed by atoms with E-state index in [0.717, 1.165) is 79.4 Å². The Bertz CT molecular complexity index is 1300. The fourth-order valence-corrected chi connectivity index (χ4v) is 6.77. The number of aliphatic hydroxyl groups excluding tert-OH is 1. The highest BCUT2D eigenvalue weighted by Gasteiger charge is 2.41. The number of methoxy groups -OCH3 is 2. The van der Waals surface area contributed by atoms with Gasteiger partial charge in [-0.3, -0.25) is 9.69 Å². The van der Waals surface area contributed by atoms with Crippen LogP contribution in [0.15, 0.2) is 78.9 Å². The first-order valence-corrected chi connectivity index (χ1v) is 17.0. The third-order valence-electron chi connectivity index (χ3n) is 9.37. The van der Waals surface area contributed by atoms with E-state index in [4.69, 9.17) is 14.2 Å². The summed E-state index contributed by atoms with van der Waals surface area (Å²) in [6.07, 6.45) is 9.74. The van der Waals surface area contributed by atoms with Gasteiger partial charge in [-0.25, -0.2) is 0 Å². The molecule has 8 nitrogen and oxygen atoms in total. The van der Waals surface area contributed by atoms with Crippen LogP contribution in [0, 0.1) is 0 Å². The summed E-state index contributed by atoms with van der Waals surface area (Å²) in [5, 5.41) is 21.1. The minimum atomic E-state index is -1.01. The number of rotatable bonds is 20. The molecule has 3 aromatic rings. The van der Waals surface area contributed by atoms with E-state index in [1.54, 1.807) is 14.2 Å². The van der Waals surface area contributed by atoms with Crippen molar-refractivity contribution in [1.29, 1.82) is 0 Å². The second-order valence-electron chi connectivity index (χ2n) is 12.5. The molecule has 0 bridgehead atoms. The first-order chi connectivity index (χ1) is 22.9. The average molecular weight is 646 g/mol. The molecule has 254 valence electrons. The van der Waals surface area contributed by atoms with E-state index in [1.807, 2.05) is 71.6 Å². The van der Waals surface area contributed by atoms with Gasteiger partial charge in [0.2, 0.25) is 0 Å². The van der Waals surface area contributed by atoms with Gasteiger partial charge in [-0.15, -0.1) is 0 Å². The lowest BCUT2D eigenvalue weighted by molar-refractivity contribution is -0.148. The monoisotopic (exact) mass is 645 g/mol. The Labute approximate surface area is 279 Å². The minimum Gasteiger partial charge on any atom is -0.497 e. The molecule has 1 fully saturated rings. The topological polar surface area (TPSA) is 106 Å². The number of aliphatic carboxylic acids is 1. The van der Waals surface area contributed by atoms with E-state index in [1.165, 1.54) is 0 Å². The van der Waals surface area contributed by atoms with E-state index in [-0.39, 0.29) is 12.6 Å². The quantitative estimate of drug-likeness (QED) is 0.0769. The standard InChI is InChI=1S/C39H51NO7/c1-45-35-23-17-31(18-24-35)39(30-14-10-9-11-15-30,32-19-25-36(46-2)26-20-32)47-29-33-21-22-34(42)28-40(33)37(38(43)44)16-12-7-5-3-4-6-8-13-27-41/h9-11,14-15,17-20,23-27,33-34,37,42H,3-8,12-13,16,21-22,28-29H2,1-2H3,(H,43,44)/t33-,34-,37?/m1/s1. The first kappa shape index (κ1) is 36.1. The third kappa shape index (κ3) is 9.66. The Hall–Kier alpha value is -3.72. The number of ether oxygens (including phenoxy) is 3. The van der Waals surface area contributed by atoms with Crippen molar-refractivity contribution in [2.45, 2.75) is 94.4 Å². The summed E-state index contributed by atoms with van der Waals surface area (Å²) in [5.74, 6) is 0.609. The van der Waals surface area contributed by atoms with Gasteiger partial charge in [-0.1, -0.05) is 93.1 Å². The maximum Gasteiger partial charge on any atom is 0.320 e. The fourth-order valence-electron chi connectivity index (χ4n) is 6.77. The van der Waals surface area contributed by atoms with Gasteiger partial charge >= 0.3 is 5.97 Å². The number of carbonyl (C=O) groups excluding carboxylic acids is 1. The van der Waals surface area contributed by atoms with Crippen LogP contribution in [0.25, 0.3) is 0 Å². The molecule has 4 rings (SSSR count). The molecular formula is C39H51NO7. The molecule has 3 aromatic carbocycles. The lowest BCUT2D eigenvalue weighted by Gasteiger charge is -2.44. The predicted octanol–water partition coefficient (Wildman–Crippen LogP) is 7.00. The van der Waals surface area contributed by atoms with Crippen LogP contribution < -0.4 is 9.47 Å². The summed E-state index contributed by atoms with van der Waals surface area (Å²) >= 11 is 0. The number of nitrogens with zero attached hydrogens (tertiary/aromatic N) is 1. The number of β-amino-alcohol motifs (C(OH)–C–C–N with tert-alkyl or cyclic N) is 1. The van der Waals surface area contributed by atoms with Crippen molar-refractivity contribution in [1.82, 2.24) is 4.90 Å². The lowest BCUT2D eigenvalue weighted by Crippen LogP contribution is -2.55. The van der Waals surface area contributed by atoms with Crippen molar-refractivity contribution in [2.24, 2.45) is 0 Å². The highest BCUT2D eigenvalue weighted by atomic mass is 16.5. The van der Waals surface area contributed by atoms with Gasteiger partial charge in [-0.05, 0) is 66.6 Å². The van der Waals surface area contributed by atoms with Gasteiger partial charge in [0.15, 0.2) is 0 Å².